The van der Waals surface area contributed by atoms with Crippen LogP contribution in [0.4, 0.5) is 0 Å². The highest BCUT2D eigenvalue weighted by Gasteiger charge is 1.95. The van der Waals surface area contributed by atoms with Crippen LogP contribution in [-0.2, 0) is 0 Å². The Balaban J connectivity index is 3.16. The Morgan fingerprint density at radius 2 is 2.20 bits per heavy atom. The Morgan fingerprint density at radius 3 is 2.70 bits per heavy atom. The first-order valence-corrected chi connectivity index (χ1v) is 3.16. The van der Waals surface area contributed by atoms with Crippen molar-refractivity contribution in [3.63, 3.8) is 0 Å². The number of hydrogen-bond acceptors (Lipinski definition) is 3. The quantitative estimate of drug-likeness (QED) is 0.475. The predicted molar refractivity (Wildman–Crippen MR) is 40.7 cm³/mol. The molecule has 0 unspecified atom stereocenters. The van der Waals surface area contributed by atoms with Gasteiger partial charge in [0.1, 0.15) is 12.0 Å². The number of carbonyl (C=O) groups is 1. The monoisotopic (exact) mass is 154 g/mol. The molecule has 0 heterocycles. The first kappa shape index (κ1) is 7.15. The Kier molecular flexibility index (Phi) is 1.97. The summed E-state index contributed by atoms with van der Waals surface area (Å²) in [7, 11) is 0. The van der Waals surface area contributed by atoms with Crippen LogP contribution >= 0.6 is 12.6 Å². The van der Waals surface area contributed by atoms with Crippen LogP contribution in [0.15, 0.2) is 23.1 Å². The second-order valence-corrected chi connectivity index (χ2v) is 2.35. The third-order valence-electron chi connectivity index (χ3n) is 1.14. The minimum absolute atomic E-state index is 0.0351. The van der Waals surface area contributed by atoms with Gasteiger partial charge in [0, 0.05) is 10.5 Å². The number of phenols is 1. The van der Waals surface area contributed by atoms with E-state index in [4.69, 9.17) is 5.11 Å². The molecule has 10 heavy (non-hydrogen) atoms. The fraction of sp³-hybridized carbons (Fsp3) is 0. The Hall–Kier alpha value is -0.960. The second kappa shape index (κ2) is 2.75. The molecule has 0 radical (unpaired) electrons. The van der Waals surface area contributed by atoms with E-state index >= 15 is 0 Å². The second-order valence-electron chi connectivity index (χ2n) is 1.87. The van der Waals surface area contributed by atoms with Crippen LogP contribution in [0, 0.1) is 0 Å². The van der Waals surface area contributed by atoms with Gasteiger partial charge in [-0.3, -0.25) is 4.79 Å². The van der Waals surface area contributed by atoms with Crippen molar-refractivity contribution in [1.82, 2.24) is 0 Å². The molecule has 1 aromatic rings. The summed E-state index contributed by atoms with van der Waals surface area (Å²) < 4.78 is 0. The average molecular weight is 154 g/mol. The van der Waals surface area contributed by atoms with Gasteiger partial charge in [-0.25, -0.2) is 0 Å². The maximum atomic E-state index is 10.1. The van der Waals surface area contributed by atoms with Crippen molar-refractivity contribution in [3.8, 4) is 5.75 Å². The summed E-state index contributed by atoms with van der Waals surface area (Å²) >= 11 is 3.92. The molecule has 0 saturated carbocycles. The lowest BCUT2D eigenvalue weighted by Crippen LogP contribution is -1.78. The lowest BCUT2D eigenvalue weighted by molar-refractivity contribution is 0.112. The van der Waals surface area contributed by atoms with E-state index in [1.165, 1.54) is 6.07 Å². The van der Waals surface area contributed by atoms with Gasteiger partial charge >= 0.3 is 0 Å². The molecule has 0 aromatic heterocycles. The van der Waals surface area contributed by atoms with Crippen LogP contribution in [0.5, 0.6) is 5.75 Å². The van der Waals surface area contributed by atoms with Crippen molar-refractivity contribution in [2.45, 2.75) is 4.90 Å². The van der Waals surface area contributed by atoms with Crippen molar-refractivity contribution in [3.05, 3.63) is 23.8 Å². The lowest BCUT2D eigenvalue weighted by atomic mass is 10.2. The maximum absolute atomic E-state index is 10.1. The van der Waals surface area contributed by atoms with Gasteiger partial charge in [-0.15, -0.1) is 12.6 Å². The Morgan fingerprint density at radius 1 is 1.50 bits per heavy atom. The van der Waals surface area contributed by atoms with E-state index in [0.717, 1.165) is 0 Å². The topological polar surface area (TPSA) is 37.3 Å². The summed E-state index contributed by atoms with van der Waals surface area (Å²) in [5, 5.41) is 9.00. The number of carbonyl (C=O) groups excluding carboxylic acids is 1. The predicted octanol–water partition coefficient (Wildman–Crippen LogP) is 1.49. The summed E-state index contributed by atoms with van der Waals surface area (Å²) in [5.74, 6) is 0.0351. The molecular formula is C7H6O2S. The Labute approximate surface area is 63.9 Å². The third-order valence-corrected chi connectivity index (χ3v) is 1.51. The molecular weight excluding hydrogens is 148 g/mol. The van der Waals surface area contributed by atoms with E-state index in [-0.39, 0.29) is 5.75 Å². The SMILES string of the molecule is O=Cc1ccc(S)c(O)c1. The molecule has 0 spiro atoms. The molecule has 0 aliphatic carbocycles. The van der Waals surface area contributed by atoms with E-state index in [0.29, 0.717) is 16.7 Å². The zero-order valence-corrected chi connectivity index (χ0v) is 6.01. The first-order chi connectivity index (χ1) is 4.74. The van der Waals surface area contributed by atoms with E-state index in [2.05, 4.69) is 12.6 Å². The smallest absolute Gasteiger partial charge is 0.150 e. The van der Waals surface area contributed by atoms with Gasteiger partial charge in [-0.2, -0.15) is 0 Å². The molecule has 52 valence electrons. The largest absolute Gasteiger partial charge is 0.507 e. The molecule has 0 bridgehead atoms. The van der Waals surface area contributed by atoms with Crippen LogP contribution in [0.2, 0.25) is 0 Å². The van der Waals surface area contributed by atoms with Gasteiger partial charge in [0.15, 0.2) is 0 Å². The third kappa shape index (κ3) is 1.30. The van der Waals surface area contributed by atoms with Gasteiger partial charge in [-0.1, -0.05) is 6.07 Å². The first-order valence-electron chi connectivity index (χ1n) is 2.71. The highest BCUT2D eigenvalue weighted by atomic mass is 32.1. The highest BCUT2D eigenvalue weighted by molar-refractivity contribution is 7.80. The molecule has 3 heteroatoms. The van der Waals surface area contributed by atoms with Crippen LogP contribution < -0.4 is 0 Å². The molecule has 2 nitrogen and oxygen atoms in total. The van der Waals surface area contributed by atoms with Gasteiger partial charge in [0.25, 0.3) is 0 Å². The molecule has 1 rings (SSSR count). The van der Waals surface area contributed by atoms with Gasteiger partial charge in [0.05, 0.1) is 0 Å². The molecule has 0 atom stereocenters. The number of phenolic OH excluding ortho intramolecular Hbond substituents is 1. The van der Waals surface area contributed by atoms with Crippen molar-refractivity contribution in [2.75, 3.05) is 0 Å². The standard InChI is InChI=1S/C7H6O2S/c8-4-5-1-2-7(10)6(9)3-5/h1-4,9-10H. The van der Waals surface area contributed by atoms with Crippen molar-refractivity contribution < 1.29 is 9.90 Å². The molecule has 0 amide bonds. The number of aldehydes is 1. The van der Waals surface area contributed by atoms with E-state index in [1.807, 2.05) is 0 Å². The fourth-order valence-electron chi connectivity index (χ4n) is 0.614. The van der Waals surface area contributed by atoms with Crippen LogP contribution in [0.1, 0.15) is 10.4 Å². The van der Waals surface area contributed by atoms with Crippen LogP contribution in [0.3, 0.4) is 0 Å². The maximum Gasteiger partial charge on any atom is 0.150 e. The lowest BCUT2D eigenvalue weighted by Gasteiger charge is -1.95. The summed E-state index contributed by atoms with van der Waals surface area (Å²) in [4.78, 5) is 10.6. The number of benzene rings is 1. The number of thiol groups is 1. The summed E-state index contributed by atoms with van der Waals surface area (Å²) in [6, 6.07) is 4.53. The molecule has 1 N–H and O–H groups in total. The van der Waals surface area contributed by atoms with Crippen LogP contribution in [0.25, 0.3) is 0 Å². The molecule has 0 saturated heterocycles. The van der Waals surface area contributed by atoms with E-state index < -0.39 is 0 Å². The average Bonchev–Trinajstić information content (AvgIpc) is 1.95. The van der Waals surface area contributed by atoms with Crippen molar-refractivity contribution >= 4 is 18.9 Å². The molecule has 0 aliphatic rings. The van der Waals surface area contributed by atoms with Gasteiger partial charge in [-0.05, 0) is 12.1 Å². The molecule has 0 aliphatic heterocycles. The minimum Gasteiger partial charge on any atom is -0.507 e. The normalized spacial score (nSPS) is 9.30. The molecule has 1 aromatic carbocycles. The number of aromatic hydroxyl groups is 1. The summed E-state index contributed by atoms with van der Waals surface area (Å²) in [5.41, 5.74) is 0.454. The number of rotatable bonds is 1. The van der Waals surface area contributed by atoms with E-state index in [9.17, 15) is 4.79 Å². The van der Waals surface area contributed by atoms with Gasteiger partial charge in [0.2, 0.25) is 0 Å². The zero-order valence-electron chi connectivity index (χ0n) is 5.11. The molecule has 0 fully saturated rings. The fourth-order valence-corrected chi connectivity index (χ4v) is 0.753. The van der Waals surface area contributed by atoms with Crippen LogP contribution in [-0.4, -0.2) is 11.4 Å². The van der Waals surface area contributed by atoms with Crippen molar-refractivity contribution in [1.29, 1.82) is 0 Å². The zero-order chi connectivity index (χ0) is 7.56. The van der Waals surface area contributed by atoms with Crippen molar-refractivity contribution in [2.24, 2.45) is 0 Å². The summed E-state index contributed by atoms with van der Waals surface area (Å²) in [6.07, 6.45) is 0.674. The minimum atomic E-state index is 0.0351. The Bertz CT molecular complexity index is 258. The number of hydrogen-bond donors (Lipinski definition) is 2. The highest BCUT2D eigenvalue weighted by Crippen LogP contribution is 2.20. The van der Waals surface area contributed by atoms with Gasteiger partial charge < -0.3 is 5.11 Å². The van der Waals surface area contributed by atoms with E-state index in [1.54, 1.807) is 12.1 Å². The summed E-state index contributed by atoms with van der Waals surface area (Å²) in [6.45, 7) is 0.